The van der Waals surface area contributed by atoms with Crippen molar-refractivity contribution in [1.29, 1.82) is 0 Å². The van der Waals surface area contributed by atoms with Crippen LogP contribution in [0.15, 0.2) is 24.4 Å². The minimum Gasteiger partial charge on any atom is -0.472 e. The van der Waals surface area contributed by atoms with Gasteiger partial charge in [0.2, 0.25) is 15.9 Å². The van der Waals surface area contributed by atoms with Crippen LogP contribution in [0.4, 0.5) is 0 Å². The Morgan fingerprint density at radius 2 is 2.29 bits per heavy atom. The maximum Gasteiger partial charge on any atom is 0.214 e. The number of hydrogen-bond donors (Lipinski definition) is 0. The van der Waals surface area contributed by atoms with Crippen LogP contribution in [0.2, 0.25) is 0 Å². The Morgan fingerprint density at radius 3 is 3.00 bits per heavy atom. The molecule has 0 radical (unpaired) electrons. The van der Waals surface area contributed by atoms with Crippen molar-refractivity contribution in [3.05, 3.63) is 24.4 Å². The summed E-state index contributed by atoms with van der Waals surface area (Å²) in [4.78, 5) is 4.15. The summed E-state index contributed by atoms with van der Waals surface area (Å²) in [5.41, 5.74) is 0. The molecule has 2 heterocycles. The molecule has 1 aromatic heterocycles. The summed E-state index contributed by atoms with van der Waals surface area (Å²) >= 11 is 0. The van der Waals surface area contributed by atoms with Gasteiger partial charge in [0, 0.05) is 18.8 Å². The van der Waals surface area contributed by atoms with E-state index < -0.39 is 10.0 Å². The van der Waals surface area contributed by atoms with Crippen LogP contribution in [0.5, 0.6) is 5.88 Å². The number of hydrogen-bond acceptors (Lipinski definition) is 5. The number of pyridine rings is 1. The molecule has 1 saturated heterocycles. The van der Waals surface area contributed by atoms with Crippen molar-refractivity contribution >= 4 is 10.0 Å². The molecule has 0 unspecified atom stereocenters. The van der Waals surface area contributed by atoms with Crippen molar-refractivity contribution in [2.24, 2.45) is 0 Å². The van der Waals surface area contributed by atoms with Crippen LogP contribution < -0.4 is 4.74 Å². The van der Waals surface area contributed by atoms with Crippen molar-refractivity contribution in [3.8, 4) is 5.88 Å². The average Bonchev–Trinajstić information content (AvgIpc) is 2.91. The molecule has 21 heavy (non-hydrogen) atoms. The normalized spacial score (nSPS) is 30.0. The Kier molecular flexibility index (Phi) is 4.14. The van der Waals surface area contributed by atoms with Gasteiger partial charge in [-0.15, -0.1) is 0 Å². The van der Waals surface area contributed by atoms with Gasteiger partial charge in [-0.2, -0.15) is 4.31 Å². The first kappa shape index (κ1) is 14.7. The van der Waals surface area contributed by atoms with Gasteiger partial charge in [-0.1, -0.05) is 6.07 Å². The van der Waals surface area contributed by atoms with Crippen LogP contribution in [0.1, 0.15) is 19.8 Å². The molecule has 1 saturated carbocycles. The van der Waals surface area contributed by atoms with Crippen LogP contribution in [-0.4, -0.2) is 54.9 Å². The van der Waals surface area contributed by atoms with Crippen molar-refractivity contribution in [1.82, 2.24) is 9.29 Å². The molecule has 0 amide bonds. The van der Waals surface area contributed by atoms with E-state index in [1.807, 2.05) is 12.1 Å². The summed E-state index contributed by atoms with van der Waals surface area (Å²) in [5.74, 6) is 0.685. The van der Waals surface area contributed by atoms with E-state index >= 15 is 0 Å². The highest BCUT2D eigenvalue weighted by Crippen LogP contribution is 2.34. The van der Waals surface area contributed by atoms with Crippen LogP contribution in [0.3, 0.4) is 0 Å². The SMILES string of the molecule is CCS(=O)(=O)N1CCO[C@H]2[C@@H](Oc3ccccn3)CC[C@@H]21. The molecule has 3 atom stereocenters. The van der Waals surface area contributed by atoms with Crippen molar-refractivity contribution in [3.63, 3.8) is 0 Å². The van der Waals surface area contributed by atoms with E-state index in [0.717, 1.165) is 12.8 Å². The van der Waals surface area contributed by atoms with Gasteiger partial charge in [0.25, 0.3) is 0 Å². The highest BCUT2D eigenvalue weighted by atomic mass is 32.2. The third kappa shape index (κ3) is 2.90. The van der Waals surface area contributed by atoms with E-state index in [-0.39, 0.29) is 24.0 Å². The van der Waals surface area contributed by atoms with Gasteiger partial charge < -0.3 is 9.47 Å². The summed E-state index contributed by atoms with van der Waals surface area (Å²) in [6.45, 7) is 2.53. The van der Waals surface area contributed by atoms with E-state index in [0.29, 0.717) is 19.0 Å². The zero-order valence-corrected chi connectivity index (χ0v) is 12.8. The van der Waals surface area contributed by atoms with Crippen LogP contribution in [-0.2, 0) is 14.8 Å². The molecular weight excluding hydrogens is 292 g/mol. The van der Waals surface area contributed by atoms with Crippen LogP contribution in [0.25, 0.3) is 0 Å². The number of nitrogens with zero attached hydrogens (tertiary/aromatic N) is 2. The summed E-state index contributed by atoms with van der Waals surface area (Å²) in [5, 5.41) is 0. The lowest BCUT2D eigenvalue weighted by Crippen LogP contribution is -2.54. The average molecular weight is 312 g/mol. The zero-order valence-electron chi connectivity index (χ0n) is 12.0. The molecule has 7 heteroatoms. The van der Waals surface area contributed by atoms with E-state index in [9.17, 15) is 8.42 Å². The molecule has 6 nitrogen and oxygen atoms in total. The lowest BCUT2D eigenvalue weighted by molar-refractivity contribution is -0.0668. The van der Waals surface area contributed by atoms with Gasteiger partial charge in [-0.05, 0) is 25.8 Å². The van der Waals surface area contributed by atoms with Gasteiger partial charge in [0.05, 0.1) is 18.4 Å². The summed E-state index contributed by atoms with van der Waals surface area (Å²) in [6, 6.07) is 5.38. The number of sulfonamides is 1. The Hall–Kier alpha value is -1.18. The summed E-state index contributed by atoms with van der Waals surface area (Å²) < 4.78 is 37.6. The Bertz CT molecular complexity index is 578. The number of rotatable bonds is 4. The maximum absolute atomic E-state index is 12.2. The Labute approximate surface area is 125 Å². The topological polar surface area (TPSA) is 68.7 Å². The number of fused-ring (bicyclic) bond motifs is 1. The third-order valence-electron chi connectivity index (χ3n) is 4.12. The molecule has 116 valence electrons. The molecule has 1 aromatic rings. The second kappa shape index (κ2) is 5.90. The predicted molar refractivity (Wildman–Crippen MR) is 77.6 cm³/mol. The molecule has 2 fully saturated rings. The molecule has 0 N–H and O–H groups in total. The van der Waals surface area contributed by atoms with Gasteiger partial charge in [-0.25, -0.2) is 13.4 Å². The van der Waals surface area contributed by atoms with E-state index in [1.165, 1.54) is 0 Å². The summed E-state index contributed by atoms with van der Waals surface area (Å²) in [6.07, 6.45) is 2.88. The molecular formula is C14H20N2O4S. The van der Waals surface area contributed by atoms with Crippen molar-refractivity contribution in [2.75, 3.05) is 18.9 Å². The number of ether oxygens (including phenoxy) is 2. The second-order valence-electron chi connectivity index (χ2n) is 5.32. The second-order valence-corrected chi connectivity index (χ2v) is 7.53. The fraction of sp³-hybridized carbons (Fsp3) is 0.643. The quantitative estimate of drug-likeness (QED) is 0.831. The predicted octanol–water partition coefficient (Wildman–Crippen LogP) is 1.04. The monoisotopic (exact) mass is 312 g/mol. The zero-order chi connectivity index (χ0) is 14.9. The molecule has 3 rings (SSSR count). The van der Waals surface area contributed by atoms with E-state index in [1.54, 1.807) is 23.5 Å². The fourth-order valence-electron chi connectivity index (χ4n) is 3.09. The first-order chi connectivity index (χ1) is 10.1. The van der Waals surface area contributed by atoms with Gasteiger partial charge in [0.15, 0.2) is 0 Å². The molecule has 1 aliphatic carbocycles. The van der Waals surface area contributed by atoms with Gasteiger partial charge in [-0.3, -0.25) is 0 Å². The maximum atomic E-state index is 12.2. The highest BCUT2D eigenvalue weighted by molar-refractivity contribution is 7.89. The first-order valence-electron chi connectivity index (χ1n) is 7.30. The first-order valence-corrected chi connectivity index (χ1v) is 8.91. The minimum atomic E-state index is -3.19. The largest absolute Gasteiger partial charge is 0.472 e. The Morgan fingerprint density at radius 1 is 1.43 bits per heavy atom. The summed E-state index contributed by atoms with van der Waals surface area (Å²) in [7, 11) is -3.19. The lowest BCUT2D eigenvalue weighted by atomic mass is 10.1. The Balaban J connectivity index is 1.75. The van der Waals surface area contributed by atoms with Crippen LogP contribution >= 0.6 is 0 Å². The fourth-order valence-corrected chi connectivity index (χ4v) is 4.41. The number of aromatic nitrogens is 1. The minimum absolute atomic E-state index is 0.114. The van der Waals surface area contributed by atoms with E-state index in [4.69, 9.17) is 9.47 Å². The van der Waals surface area contributed by atoms with Gasteiger partial charge >= 0.3 is 0 Å². The standard InChI is InChI=1S/C14H20N2O4S/c1-2-21(17,18)16-9-10-19-14-11(16)6-7-12(14)20-13-5-3-4-8-15-13/h3-5,8,11-12,14H,2,6-7,9-10H2,1H3/t11-,12-,14+/m0/s1. The molecule has 0 spiro atoms. The number of morpholine rings is 1. The smallest absolute Gasteiger partial charge is 0.214 e. The van der Waals surface area contributed by atoms with Crippen molar-refractivity contribution in [2.45, 2.75) is 38.0 Å². The van der Waals surface area contributed by atoms with Gasteiger partial charge in [0.1, 0.15) is 12.2 Å². The van der Waals surface area contributed by atoms with Crippen molar-refractivity contribution < 1.29 is 17.9 Å². The molecule has 2 aliphatic rings. The van der Waals surface area contributed by atoms with E-state index in [2.05, 4.69) is 4.98 Å². The molecule has 0 bridgehead atoms. The lowest BCUT2D eigenvalue weighted by Gasteiger charge is -2.37. The highest BCUT2D eigenvalue weighted by Gasteiger charge is 2.47. The third-order valence-corrected chi connectivity index (χ3v) is 6.01. The van der Waals surface area contributed by atoms with Crippen LogP contribution in [0, 0.1) is 0 Å². The molecule has 1 aliphatic heterocycles. The molecule has 0 aromatic carbocycles.